The Bertz CT molecular complexity index is 484. The molecule has 0 atom stereocenters. The Morgan fingerprint density at radius 2 is 2.00 bits per heavy atom. The minimum absolute atomic E-state index is 0.728. The molecular formula is C11H18N6. The molecule has 0 fully saturated rings. The average molecular weight is 234 g/mol. The lowest BCUT2D eigenvalue weighted by atomic mass is 10.2. The lowest BCUT2D eigenvalue weighted by Gasteiger charge is -2.01. The van der Waals surface area contributed by atoms with Crippen LogP contribution in [0, 0.1) is 0 Å². The first-order valence-corrected chi connectivity index (χ1v) is 5.76. The Kier molecular flexibility index (Phi) is 3.53. The van der Waals surface area contributed by atoms with Crippen LogP contribution in [-0.2, 0) is 33.6 Å². The molecule has 0 aliphatic rings. The van der Waals surface area contributed by atoms with Gasteiger partial charge < -0.3 is 5.32 Å². The summed E-state index contributed by atoms with van der Waals surface area (Å²) in [7, 11) is 3.82. The van der Waals surface area contributed by atoms with Gasteiger partial charge in [-0.1, -0.05) is 12.1 Å². The van der Waals surface area contributed by atoms with Gasteiger partial charge in [-0.2, -0.15) is 5.10 Å². The second kappa shape index (κ2) is 5.09. The fourth-order valence-electron chi connectivity index (χ4n) is 1.83. The number of nitrogens with one attached hydrogen (secondary N) is 1. The number of aryl methyl sites for hydroxylation is 3. The van der Waals surface area contributed by atoms with E-state index in [9.17, 15) is 0 Å². The van der Waals surface area contributed by atoms with Crippen LogP contribution in [0.4, 0.5) is 0 Å². The molecule has 2 aromatic rings. The minimum Gasteiger partial charge on any atom is -0.307 e. The van der Waals surface area contributed by atoms with Gasteiger partial charge in [0.2, 0.25) is 0 Å². The van der Waals surface area contributed by atoms with Gasteiger partial charge in [-0.15, -0.1) is 5.10 Å². The van der Waals surface area contributed by atoms with Crippen LogP contribution in [-0.4, -0.2) is 24.8 Å². The fourth-order valence-corrected chi connectivity index (χ4v) is 1.83. The molecule has 17 heavy (non-hydrogen) atoms. The van der Waals surface area contributed by atoms with Crippen LogP contribution in [0.2, 0.25) is 0 Å². The third kappa shape index (κ3) is 2.91. The molecule has 0 saturated carbocycles. The molecule has 0 aliphatic carbocycles. The molecule has 1 N–H and O–H groups in total. The summed E-state index contributed by atoms with van der Waals surface area (Å²) in [6.45, 7) is 3.66. The molecule has 6 heteroatoms. The highest BCUT2D eigenvalue weighted by Crippen LogP contribution is 2.06. The highest BCUT2D eigenvalue weighted by atomic mass is 15.4. The summed E-state index contributed by atoms with van der Waals surface area (Å²) in [6, 6.07) is 0. The van der Waals surface area contributed by atoms with Crippen LogP contribution < -0.4 is 5.32 Å². The quantitative estimate of drug-likeness (QED) is 0.813. The van der Waals surface area contributed by atoms with Crippen molar-refractivity contribution in [1.29, 1.82) is 0 Å². The Morgan fingerprint density at radius 3 is 2.65 bits per heavy atom. The van der Waals surface area contributed by atoms with Gasteiger partial charge in [0, 0.05) is 45.1 Å². The summed E-state index contributed by atoms with van der Waals surface area (Å²) in [6.07, 6.45) is 4.93. The molecule has 2 rings (SSSR count). The molecule has 0 spiro atoms. The van der Waals surface area contributed by atoms with Crippen molar-refractivity contribution >= 4 is 0 Å². The summed E-state index contributed by atoms with van der Waals surface area (Å²) in [5.41, 5.74) is 3.35. The number of rotatable bonds is 5. The zero-order valence-corrected chi connectivity index (χ0v) is 10.5. The van der Waals surface area contributed by atoms with Gasteiger partial charge in [0.05, 0.1) is 11.4 Å². The Hall–Kier alpha value is -1.69. The van der Waals surface area contributed by atoms with Crippen molar-refractivity contribution in [3.63, 3.8) is 0 Å². The zero-order chi connectivity index (χ0) is 12.3. The molecule has 92 valence electrons. The van der Waals surface area contributed by atoms with E-state index in [0.29, 0.717) is 0 Å². The summed E-state index contributed by atoms with van der Waals surface area (Å²) in [5, 5.41) is 15.7. The Balaban J connectivity index is 1.89. The minimum atomic E-state index is 0.728. The van der Waals surface area contributed by atoms with Gasteiger partial charge in [-0.05, 0) is 6.42 Å². The predicted octanol–water partition coefficient (Wildman–Crippen LogP) is 0.401. The molecule has 0 radical (unpaired) electrons. The van der Waals surface area contributed by atoms with Crippen LogP contribution in [0.5, 0.6) is 0 Å². The lowest BCUT2D eigenvalue weighted by molar-refractivity contribution is 0.670. The van der Waals surface area contributed by atoms with E-state index >= 15 is 0 Å². The van der Waals surface area contributed by atoms with Crippen molar-refractivity contribution in [1.82, 2.24) is 30.1 Å². The molecule has 0 amide bonds. The van der Waals surface area contributed by atoms with E-state index < -0.39 is 0 Å². The van der Waals surface area contributed by atoms with E-state index in [1.54, 1.807) is 4.68 Å². The van der Waals surface area contributed by atoms with E-state index in [2.05, 4.69) is 33.8 Å². The topological polar surface area (TPSA) is 60.6 Å². The van der Waals surface area contributed by atoms with Gasteiger partial charge >= 0.3 is 0 Å². The van der Waals surface area contributed by atoms with Gasteiger partial charge in [-0.3, -0.25) is 9.36 Å². The molecule has 6 nitrogen and oxygen atoms in total. The first-order chi connectivity index (χ1) is 8.19. The smallest absolute Gasteiger partial charge is 0.0964 e. The van der Waals surface area contributed by atoms with Crippen LogP contribution in [0.3, 0.4) is 0 Å². The molecular weight excluding hydrogens is 216 g/mol. The van der Waals surface area contributed by atoms with Crippen LogP contribution in [0.15, 0.2) is 12.4 Å². The maximum atomic E-state index is 4.40. The second-order valence-electron chi connectivity index (χ2n) is 4.12. The first-order valence-electron chi connectivity index (χ1n) is 5.76. The molecule has 0 saturated heterocycles. The van der Waals surface area contributed by atoms with Crippen molar-refractivity contribution < 1.29 is 0 Å². The summed E-state index contributed by atoms with van der Waals surface area (Å²) in [5.74, 6) is 0. The second-order valence-corrected chi connectivity index (χ2v) is 4.12. The summed E-state index contributed by atoms with van der Waals surface area (Å²) >= 11 is 0. The van der Waals surface area contributed by atoms with E-state index in [-0.39, 0.29) is 0 Å². The molecule has 0 unspecified atom stereocenters. The maximum Gasteiger partial charge on any atom is 0.0964 e. The van der Waals surface area contributed by atoms with Crippen molar-refractivity contribution in [3.8, 4) is 0 Å². The van der Waals surface area contributed by atoms with E-state index in [0.717, 1.165) is 30.9 Å². The number of hydrogen-bond donors (Lipinski definition) is 1. The van der Waals surface area contributed by atoms with Crippen molar-refractivity contribution in [2.24, 2.45) is 14.1 Å². The first kappa shape index (κ1) is 11.8. The number of aromatic nitrogens is 5. The Morgan fingerprint density at radius 1 is 1.18 bits per heavy atom. The van der Waals surface area contributed by atoms with Crippen LogP contribution in [0.1, 0.15) is 23.9 Å². The highest BCUT2D eigenvalue weighted by Gasteiger charge is 2.05. The molecule has 0 aromatic carbocycles. The average Bonchev–Trinajstić information content (AvgIpc) is 2.85. The third-order valence-electron chi connectivity index (χ3n) is 2.60. The van der Waals surface area contributed by atoms with Crippen LogP contribution >= 0.6 is 0 Å². The van der Waals surface area contributed by atoms with Gasteiger partial charge in [0.1, 0.15) is 0 Å². The van der Waals surface area contributed by atoms with E-state index in [4.69, 9.17) is 0 Å². The van der Waals surface area contributed by atoms with Gasteiger partial charge in [0.15, 0.2) is 0 Å². The van der Waals surface area contributed by atoms with Crippen LogP contribution in [0.25, 0.3) is 0 Å². The van der Waals surface area contributed by atoms with Crippen molar-refractivity contribution in [2.45, 2.75) is 26.4 Å². The summed E-state index contributed by atoms with van der Waals surface area (Å²) < 4.78 is 3.57. The summed E-state index contributed by atoms with van der Waals surface area (Å²) in [4.78, 5) is 0. The molecule has 2 aromatic heterocycles. The van der Waals surface area contributed by atoms with Gasteiger partial charge in [-0.25, -0.2) is 0 Å². The van der Waals surface area contributed by atoms with E-state index in [1.807, 2.05) is 25.0 Å². The third-order valence-corrected chi connectivity index (χ3v) is 2.60. The lowest BCUT2D eigenvalue weighted by Crippen LogP contribution is -2.13. The molecule has 0 bridgehead atoms. The normalized spacial score (nSPS) is 11.0. The predicted molar refractivity (Wildman–Crippen MR) is 64.1 cm³/mol. The largest absolute Gasteiger partial charge is 0.307 e. The van der Waals surface area contributed by atoms with Crippen molar-refractivity contribution in [2.75, 3.05) is 0 Å². The number of nitrogens with zero attached hydrogens (tertiary/aromatic N) is 5. The SMILES string of the molecule is CCc1nn(C)cc1CNCc1cn(C)nn1. The number of hydrogen-bond acceptors (Lipinski definition) is 4. The van der Waals surface area contributed by atoms with Gasteiger partial charge in [0.25, 0.3) is 0 Å². The fraction of sp³-hybridized carbons (Fsp3) is 0.545. The Labute approximate surface area is 101 Å². The van der Waals surface area contributed by atoms with E-state index in [1.165, 1.54) is 5.56 Å². The molecule has 2 heterocycles. The zero-order valence-electron chi connectivity index (χ0n) is 10.5. The maximum absolute atomic E-state index is 4.40. The molecule has 0 aliphatic heterocycles. The highest BCUT2D eigenvalue weighted by molar-refractivity contribution is 5.16. The van der Waals surface area contributed by atoms with Crippen molar-refractivity contribution in [3.05, 3.63) is 29.3 Å². The standard InChI is InChI=1S/C11H18N6/c1-4-11-9(7-16(2)14-11)5-12-6-10-8-17(3)15-13-10/h7-8,12H,4-6H2,1-3H3. The monoisotopic (exact) mass is 234 g/mol.